The minimum Gasteiger partial charge on any atom is -0.342 e. The maximum absolute atomic E-state index is 12.6. The number of halogens is 3. The summed E-state index contributed by atoms with van der Waals surface area (Å²) in [5, 5.41) is 2.15. The Morgan fingerprint density at radius 1 is 1.33 bits per heavy atom. The van der Waals surface area contributed by atoms with Gasteiger partial charge >= 0.3 is 6.18 Å². The topological polar surface area (TPSA) is 55.1 Å². The van der Waals surface area contributed by atoms with Gasteiger partial charge in [0.05, 0.1) is 0 Å². The van der Waals surface area contributed by atoms with Crippen molar-refractivity contribution in [3.05, 3.63) is 0 Å². The monoisotopic (exact) mass is 266 g/mol. The zero-order chi connectivity index (χ0) is 14.0. The summed E-state index contributed by atoms with van der Waals surface area (Å²) in [5.41, 5.74) is 3.63. The van der Waals surface area contributed by atoms with Crippen LogP contribution in [-0.2, 0) is 4.79 Å². The summed E-state index contributed by atoms with van der Waals surface area (Å²) in [6, 6.07) is 0.0604. The molecule has 0 aromatic heterocycles. The van der Waals surface area contributed by atoms with Gasteiger partial charge in [0, 0.05) is 12.0 Å². The van der Waals surface area contributed by atoms with E-state index in [4.69, 9.17) is 5.73 Å². The molecule has 0 heterocycles. The fourth-order valence-electron chi connectivity index (χ4n) is 1.84. The van der Waals surface area contributed by atoms with Gasteiger partial charge < -0.3 is 11.1 Å². The molecule has 3 N–H and O–H groups in total. The number of nitrogens with one attached hydrogen (secondary N) is 1. The molecule has 1 amide bonds. The van der Waals surface area contributed by atoms with Crippen molar-refractivity contribution in [2.45, 2.75) is 63.7 Å². The first-order valence-corrected chi connectivity index (χ1v) is 6.32. The van der Waals surface area contributed by atoms with Crippen molar-refractivity contribution >= 4 is 5.91 Å². The van der Waals surface area contributed by atoms with E-state index in [1.807, 2.05) is 6.92 Å². The summed E-state index contributed by atoms with van der Waals surface area (Å²) in [6.45, 7) is 3.52. The smallest absolute Gasteiger partial charge is 0.342 e. The molecule has 1 fully saturated rings. The van der Waals surface area contributed by atoms with Crippen LogP contribution in [0.15, 0.2) is 0 Å². The van der Waals surface area contributed by atoms with Crippen LogP contribution in [0.5, 0.6) is 0 Å². The van der Waals surface area contributed by atoms with Gasteiger partial charge in [0.2, 0.25) is 5.91 Å². The fraction of sp³-hybridized carbons (Fsp3) is 0.917. The van der Waals surface area contributed by atoms with Crippen molar-refractivity contribution in [1.82, 2.24) is 5.32 Å². The molecule has 0 aromatic carbocycles. The quantitative estimate of drug-likeness (QED) is 0.775. The Hall–Kier alpha value is -0.780. The van der Waals surface area contributed by atoms with E-state index in [-0.39, 0.29) is 18.9 Å². The second kappa shape index (κ2) is 5.47. The van der Waals surface area contributed by atoms with Crippen molar-refractivity contribution in [3.63, 3.8) is 0 Å². The summed E-state index contributed by atoms with van der Waals surface area (Å²) in [4.78, 5) is 11.7. The number of carbonyl (C=O) groups excluding carboxylic acids is 1. The third kappa shape index (κ3) is 3.86. The molecule has 0 saturated heterocycles. The molecule has 106 valence electrons. The Labute approximate surface area is 105 Å². The number of rotatable bonds is 6. The highest BCUT2D eigenvalue weighted by atomic mass is 19.4. The lowest BCUT2D eigenvalue weighted by Crippen LogP contribution is -2.49. The molecule has 0 aromatic rings. The Kier molecular flexibility index (Phi) is 4.64. The highest BCUT2D eigenvalue weighted by molar-refractivity contribution is 5.79. The van der Waals surface area contributed by atoms with Gasteiger partial charge in [-0.25, -0.2) is 0 Å². The number of hydrogen-bond acceptors (Lipinski definition) is 2. The predicted octanol–water partition coefficient (Wildman–Crippen LogP) is 2.35. The summed E-state index contributed by atoms with van der Waals surface area (Å²) >= 11 is 0. The third-order valence-corrected chi connectivity index (χ3v) is 3.40. The third-order valence-electron chi connectivity index (χ3n) is 3.40. The van der Waals surface area contributed by atoms with E-state index in [2.05, 4.69) is 5.32 Å². The zero-order valence-corrected chi connectivity index (χ0v) is 10.8. The van der Waals surface area contributed by atoms with Crippen LogP contribution >= 0.6 is 0 Å². The van der Waals surface area contributed by atoms with Gasteiger partial charge in [-0.2, -0.15) is 13.2 Å². The second-order valence-electron chi connectivity index (χ2n) is 5.38. The van der Waals surface area contributed by atoms with Gasteiger partial charge in [-0.15, -0.1) is 0 Å². The van der Waals surface area contributed by atoms with E-state index in [0.29, 0.717) is 6.42 Å². The summed E-state index contributed by atoms with van der Waals surface area (Å²) < 4.78 is 37.9. The molecule has 1 aliphatic rings. The molecule has 1 saturated carbocycles. The summed E-state index contributed by atoms with van der Waals surface area (Å²) in [7, 11) is 0. The van der Waals surface area contributed by atoms with Gasteiger partial charge in [0.25, 0.3) is 0 Å². The van der Waals surface area contributed by atoms with Gasteiger partial charge in [-0.3, -0.25) is 4.79 Å². The number of hydrogen-bond donors (Lipinski definition) is 2. The van der Waals surface area contributed by atoms with Crippen LogP contribution in [0.25, 0.3) is 0 Å². The van der Waals surface area contributed by atoms with Gasteiger partial charge in [-0.1, -0.05) is 13.3 Å². The SMILES string of the molecule is CC(N)CCCC(C)C(=O)NC1(C(F)(F)F)CC1. The van der Waals surface area contributed by atoms with Crippen LogP contribution in [0.2, 0.25) is 0 Å². The lowest BCUT2D eigenvalue weighted by Gasteiger charge is -2.23. The Bertz CT molecular complexity index is 298. The Morgan fingerprint density at radius 2 is 1.89 bits per heavy atom. The first kappa shape index (κ1) is 15.3. The number of nitrogens with two attached hydrogens (primary N) is 1. The predicted molar refractivity (Wildman–Crippen MR) is 62.8 cm³/mol. The largest absolute Gasteiger partial charge is 0.411 e. The zero-order valence-electron chi connectivity index (χ0n) is 10.8. The highest BCUT2D eigenvalue weighted by Gasteiger charge is 2.64. The van der Waals surface area contributed by atoms with Crippen LogP contribution in [0.1, 0.15) is 46.0 Å². The van der Waals surface area contributed by atoms with Gasteiger partial charge in [-0.05, 0) is 32.6 Å². The van der Waals surface area contributed by atoms with Crippen LogP contribution in [0.3, 0.4) is 0 Å². The number of amides is 1. The molecule has 2 atom stereocenters. The molecule has 6 heteroatoms. The highest BCUT2D eigenvalue weighted by Crippen LogP contribution is 2.49. The van der Waals surface area contributed by atoms with E-state index >= 15 is 0 Å². The molecule has 0 radical (unpaired) electrons. The maximum atomic E-state index is 12.6. The minimum atomic E-state index is -4.34. The van der Waals surface area contributed by atoms with E-state index < -0.39 is 23.5 Å². The molecule has 2 unspecified atom stereocenters. The van der Waals surface area contributed by atoms with Crippen molar-refractivity contribution in [2.75, 3.05) is 0 Å². The van der Waals surface area contributed by atoms with Crippen molar-refractivity contribution in [1.29, 1.82) is 0 Å². The van der Waals surface area contributed by atoms with E-state index in [1.165, 1.54) is 0 Å². The molecular formula is C12H21F3N2O. The molecule has 3 nitrogen and oxygen atoms in total. The van der Waals surface area contributed by atoms with Crippen molar-refractivity contribution in [2.24, 2.45) is 11.7 Å². The molecule has 0 spiro atoms. The van der Waals surface area contributed by atoms with Crippen LogP contribution in [0.4, 0.5) is 13.2 Å². The molecular weight excluding hydrogens is 245 g/mol. The van der Waals surface area contributed by atoms with Gasteiger partial charge in [0.15, 0.2) is 0 Å². The fourth-order valence-corrected chi connectivity index (χ4v) is 1.84. The lowest BCUT2D eigenvalue weighted by atomic mass is 10.0. The summed E-state index contributed by atoms with van der Waals surface area (Å²) in [6.07, 6.45) is -2.24. The standard InChI is InChI=1S/C12H21F3N2O/c1-8(4-3-5-9(2)16)10(18)17-11(6-7-11)12(13,14)15/h8-9H,3-7,16H2,1-2H3,(H,17,18). The van der Waals surface area contributed by atoms with Gasteiger partial charge in [0.1, 0.15) is 5.54 Å². The first-order valence-electron chi connectivity index (χ1n) is 6.32. The normalized spacial score (nSPS) is 21.2. The average molecular weight is 266 g/mol. The van der Waals surface area contributed by atoms with E-state index in [9.17, 15) is 18.0 Å². The van der Waals surface area contributed by atoms with E-state index in [1.54, 1.807) is 6.92 Å². The second-order valence-corrected chi connectivity index (χ2v) is 5.38. The molecule has 18 heavy (non-hydrogen) atoms. The maximum Gasteiger partial charge on any atom is 0.411 e. The van der Waals surface area contributed by atoms with E-state index in [0.717, 1.165) is 12.8 Å². The minimum absolute atomic E-state index is 0.00516. The Balaban J connectivity index is 2.37. The Morgan fingerprint density at radius 3 is 2.28 bits per heavy atom. The van der Waals surface area contributed by atoms with Crippen LogP contribution in [-0.4, -0.2) is 23.7 Å². The van der Waals surface area contributed by atoms with Crippen molar-refractivity contribution in [3.8, 4) is 0 Å². The van der Waals surface area contributed by atoms with Crippen LogP contribution < -0.4 is 11.1 Å². The molecule has 1 aliphatic carbocycles. The molecule has 0 aliphatic heterocycles. The molecule has 1 rings (SSSR count). The molecule has 0 bridgehead atoms. The summed E-state index contributed by atoms with van der Waals surface area (Å²) in [5.74, 6) is -0.905. The van der Waals surface area contributed by atoms with Crippen LogP contribution in [0, 0.1) is 5.92 Å². The lowest BCUT2D eigenvalue weighted by molar-refractivity contribution is -0.171. The van der Waals surface area contributed by atoms with Crippen molar-refractivity contribution < 1.29 is 18.0 Å². The first-order chi connectivity index (χ1) is 8.18. The average Bonchev–Trinajstić information content (AvgIpc) is 2.97. The number of alkyl halides is 3. The number of carbonyl (C=O) groups is 1.